The highest BCUT2D eigenvalue weighted by molar-refractivity contribution is 9.10. The molecule has 31 heavy (non-hydrogen) atoms. The summed E-state index contributed by atoms with van der Waals surface area (Å²) in [5.41, 5.74) is 1.33. The van der Waals surface area contributed by atoms with Crippen molar-refractivity contribution in [3.8, 4) is 16.3 Å². The van der Waals surface area contributed by atoms with Crippen molar-refractivity contribution in [2.45, 2.75) is 26.3 Å². The number of nitrogens with one attached hydrogen (secondary N) is 2. The molecule has 3 aromatic rings. The molecule has 0 saturated carbocycles. The minimum atomic E-state index is -0.719. The molecule has 0 bridgehead atoms. The molecule has 2 amide bonds. The van der Waals surface area contributed by atoms with Crippen molar-refractivity contribution in [2.24, 2.45) is 5.92 Å². The first-order valence-corrected chi connectivity index (χ1v) is 11.4. The normalized spacial score (nSPS) is 12.6. The van der Waals surface area contributed by atoms with Crippen LogP contribution in [0.15, 0.2) is 53.0 Å². The number of carbonyl (C=O) groups excluding carboxylic acids is 2. The van der Waals surface area contributed by atoms with Crippen LogP contribution in [0.25, 0.3) is 10.6 Å². The molecule has 2 N–H and O–H groups in total. The maximum atomic E-state index is 13.0. The summed E-state index contributed by atoms with van der Waals surface area (Å²) in [6.07, 6.45) is 0.719. The van der Waals surface area contributed by atoms with Crippen LogP contribution in [0.2, 0.25) is 0 Å². The average molecular weight is 503 g/mol. The first-order valence-electron chi connectivity index (χ1n) is 9.76. The second-order valence-electron chi connectivity index (χ2n) is 6.98. The van der Waals surface area contributed by atoms with Gasteiger partial charge in [0.25, 0.3) is 5.91 Å². The third-order valence-electron chi connectivity index (χ3n) is 4.86. The SMILES string of the molecule is CCC(C)C(NC(=O)c1cccc(OC)c1)C(=O)Nc1nnc(-c2ccc(Br)cc2)s1. The Bertz CT molecular complexity index is 1050. The van der Waals surface area contributed by atoms with Crippen LogP contribution in [0, 0.1) is 5.92 Å². The Balaban J connectivity index is 1.73. The highest BCUT2D eigenvalue weighted by atomic mass is 79.9. The predicted octanol–water partition coefficient (Wildman–Crippen LogP) is 4.76. The lowest BCUT2D eigenvalue weighted by Gasteiger charge is -2.23. The van der Waals surface area contributed by atoms with Crippen molar-refractivity contribution in [2.75, 3.05) is 12.4 Å². The highest BCUT2D eigenvalue weighted by Crippen LogP contribution is 2.27. The summed E-state index contributed by atoms with van der Waals surface area (Å²) in [6.45, 7) is 3.89. The molecule has 0 aliphatic heterocycles. The van der Waals surface area contributed by atoms with E-state index in [1.807, 2.05) is 38.1 Å². The standard InChI is InChI=1S/C22H23BrN4O3S/c1-4-13(2)18(24-19(28)15-6-5-7-17(12-15)30-3)20(29)25-22-27-26-21(31-22)14-8-10-16(23)11-9-14/h5-13,18H,4H2,1-3H3,(H,24,28)(H,25,27,29). The van der Waals surface area contributed by atoms with Gasteiger partial charge in [-0.2, -0.15) is 0 Å². The third kappa shape index (κ3) is 5.89. The molecule has 0 aliphatic carbocycles. The van der Waals surface area contributed by atoms with Crippen LogP contribution >= 0.6 is 27.3 Å². The number of anilines is 1. The number of benzene rings is 2. The van der Waals surface area contributed by atoms with Crippen molar-refractivity contribution < 1.29 is 14.3 Å². The zero-order valence-corrected chi connectivity index (χ0v) is 19.8. The van der Waals surface area contributed by atoms with Crippen molar-refractivity contribution in [3.63, 3.8) is 0 Å². The molecule has 2 aromatic carbocycles. The lowest BCUT2D eigenvalue weighted by atomic mass is 9.98. The number of aromatic nitrogens is 2. The van der Waals surface area contributed by atoms with Gasteiger partial charge in [0.15, 0.2) is 0 Å². The Hall–Kier alpha value is -2.78. The number of hydrogen-bond donors (Lipinski definition) is 2. The summed E-state index contributed by atoms with van der Waals surface area (Å²) in [4.78, 5) is 25.7. The molecule has 3 rings (SSSR count). The van der Waals surface area contributed by atoms with E-state index >= 15 is 0 Å². The number of rotatable bonds is 8. The number of hydrogen-bond acceptors (Lipinski definition) is 6. The van der Waals surface area contributed by atoms with Crippen molar-refractivity contribution >= 4 is 44.2 Å². The Morgan fingerprint density at radius 2 is 1.90 bits per heavy atom. The Labute approximate surface area is 193 Å². The second-order valence-corrected chi connectivity index (χ2v) is 8.87. The average Bonchev–Trinajstić information content (AvgIpc) is 3.25. The number of halogens is 1. The quantitative estimate of drug-likeness (QED) is 0.463. The molecular formula is C22H23BrN4O3S. The summed E-state index contributed by atoms with van der Waals surface area (Å²) >= 11 is 4.68. The van der Waals surface area contributed by atoms with Crippen LogP contribution in [0.3, 0.4) is 0 Å². The van der Waals surface area contributed by atoms with Gasteiger partial charge < -0.3 is 10.1 Å². The fourth-order valence-electron chi connectivity index (χ4n) is 2.86. The van der Waals surface area contributed by atoms with Crippen LogP contribution < -0.4 is 15.4 Å². The Morgan fingerprint density at radius 3 is 2.58 bits per heavy atom. The van der Waals surface area contributed by atoms with Crippen molar-refractivity contribution in [1.29, 1.82) is 0 Å². The van der Waals surface area contributed by atoms with Gasteiger partial charge in [0, 0.05) is 15.6 Å². The zero-order chi connectivity index (χ0) is 22.4. The van der Waals surface area contributed by atoms with Gasteiger partial charge in [-0.05, 0) is 36.2 Å². The number of amides is 2. The number of methoxy groups -OCH3 is 1. The molecule has 162 valence electrons. The molecule has 2 atom stereocenters. The van der Waals surface area contributed by atoms with Crippen molar-refractivity contribution in [1.82, 2.24) is 15.5 Å². The lowest BCUT2D eigenvalue weighted by Crippen LogP contribution is -2.47. The number of ether oxygens (including phenoxy) is 1. The van der Waals surface area contributed by atoms with E-state index in [9.17, 15) is 9.59 Å². The predicted molar refractivity (Wildman–Crippen MR) is 125 cm³/mol. The molecule has 0 saturated heterocycles. The Kier molecular flexibility index (Phi) is 7.75. The van der Waals surface area contributed by atoms with Crippen LogP contribution in [-0.2, 0) is 4.79 Å². The minimum Gasteiger partial charge on any atom is -0.497 e. The fourth-order valence-corrected chi connectivity index (χ4v) is 3.87. The van der Waals surface area contributed by atoms with Crippen LogP contribution in [0.4, 0.5) is 5.13 Å². The van der Waals surface area contributed by atoms with Crippen LogP contribution in [0.1, 0.15) is 30.6 Å². The van der Waals surface area contributed by atoms with Gasteiger partial charge in [-0.3, -0.25) is 14.9 Å². The molecule has 2 unspecified atom stereocenters. The molecule has 9 heteroatoms. The molecule has 7 nitrogen and oxygen atoms in total. The maximum absolute atomic E-state index is 13.0. The molecule has 1 aromatic heterocycles. The van der Waals surface area contributed by atoms with Gasteiger partial charge >= 0.3 is 0 Å². The monoisotopic (exact) mass is 502 g/mol. The van der Waals surface area contributed by atoms with Gasteiger partial charge in [-0.25, -0.2) is 0 Å². The Morgan fingerprint density at radius 1 is 1.16 bits per heavy atom. The van der Waals surface area contributed by atoms with Gasteiger partial charge in [0.2, 0.25) is 11.0 Å². The molecule has 1 heterocycles. The number of nitrogens with zero attached hydrogens (tertiary/aromatic N) is 2. The van der Waals surface area contributed by atoms with E-state index in [4.69, 9.17) is 4.74 Å². The summed E-state index contributed by atoms with van der Waals surface area (Å²) in [6, 6.07) is 13.8. The third-order valence-corrected chi connectivity index (χ3v) is 6.28. The van der Waals surface area contributed by atoms with E-state index in [0.29, 0.717) is 21.5 Å². The van der Waals surface area contributed by atoms with Crippen LogP contribution in [-0.4, -0.2) is 35.2 Å². The fraction of sp³-hybridized carbons (Fsp3) is 0.273. The van der Waals surface area contributed by atoms with Gasteiger partial charge in [0.1, 0.15) is 16.8 Å². The summed E-state index contributed by atoms with van der Waals surface area (Å²) < 4.78 is 6.14. The lowest BCUT2D eigenvalue weighted by molar-refractivity contribution is -0.119. The van der Waals surface area contributed by atoms with E-state index in [1.165, 1.54) is 18.4 Å². The summed E-state index contributed by atoms with van der Waals surface area (Å²) in [5.74, 6) is -0.170. The van der Waals surface area contributed by atoms with E-state index in [1.54, 1.807) is 24.3 Å². The first kappa shape index (κ1) is 22.9. The summed E-state index contributed by atoms with van der Waals surface area (Å²) in [7, 11) is 1.54. The van der Waals surface area contributed by atoms with E-state index in [0.717, 1.165) is 16.5 Å². The van der Waals surface area contributed by atoms with Crippen LogP contribution in [0.5, 0.6) is 5.75 Å². The van der Waals surface area contributed by atoms with E-state index in [2.05, 4.69) is 36.8 Å². The van der Waals surface area contributed by atoms with Crippen molar-refractivity contribution in [3.05, 3.63) is 58.6 Å². The molecule has 0 spiro atoms. The smallest absolute Gasteiger partial charge is 0.252 e. The minimum absolute atomic E-state index is 0.0755. The molecule has 0 aliphatic rings. The number of carbonyl (C=O) groups is 2. The zero-order valence-electron chi connectivity index (χ0n) is 17.4. The van der Waals surface area contributed by atoms with E-state index in [-0.39, 0.29) is 17.7 Å². The van der Waals surface area contributed by atoms with E-state index < -0.39 is 6.04 Å². The summed E-state index contributed by atoms with van der Waals surface area (Å²) in [5, 5.41) is 15.0. The van der Waals surface area contributed by atoms with Gasteiger partial charge in [0.05, 0.1) is 7.11 Å². The maximum Gasteiger partial charge on any atom is 0.252 e. The van der Waals surface area contributed by atoms with Gasteiger partial charge in [-0.1, -0.05) is 65.7 Å². The molecular weight excluding hydrogens is 480 g/mol. The topological polar surface area (TPSA) is 93.2 Å². The molecule has 0 radical (unpaired) electrons. The second kappa shape index (κ2) is 10.5. The first-order chi connectivity index (χ1) is 14.9. The van der Waals surface area contributed by atoms with Gasteiger partial charge in [-0.15, -0.1) is 10.2 Å². The highest BCUT2D eigenvalue weighted by Gasteiger charge is 2.27. The largest absolute Gasteiger partial charge is 0.497 e. The molecule has 0 fully saturated rings.